The minimum absolute atomic E-state index is 0.128. The van der Waals surface area contributed by atoms with Gasteiger partial charge in [-0.25, -0.2) is 0 Å². The SMILES string of the molecule is C[C@@H]1C[C@@H](C)CN([C@@H](C(=O)NC2CC2)c2ccccc2)C1. The topological polar surface area (TPSA) is 32.3 Å². The number of nitrogens with one attached hydrogen (secondary N) is 1. The summed E-state index contributed by atoms with van der Waals surface area (Å²) in [5.74, 6) is 1.51. The third-order valence-corrected chi connectivity index (χ3v) is 4.55. The average Bonchev–Trinajstić information content (AvgIpc) is 3.23. The molecular weight excluding hydrogens is 260 g/mol. The molecule has 1 saturated carbocycles. The van der Waals surface area contributed by atoms with Crippen molar-refractivity contribution in [1.82, 2.24) is 10.2 Å². The van der Waals surface area contributed by atoms with Gasteiger partial charge in [0.25, 0.3) is 0 Å². The van der Waals surface area contributed by atoms with Crippen LogP contribution in [0.3, 0.4) is 0 Å². The molecule has 1 aliphatic carbocycles. The zero-order chi connectivity index (χ0) is 14.8. The van der Waals surface area contributed by atoms with Gasteiger partial charge in [-0.1, -0.05) is 44.2 Å². The maximum Gasteiger partial charge on any atom is 0.242 e. The molecule has 0 spiro atoms. The summed E-state index contributed by atoms with van der Waals surface area (Å²) in [5, 5.41) is 3.20. The van der Waals surface area contributed by atoms with E-state index in [-0.39, 0.29) is 11.9 Å². The predicted molar refractivity (Wildman–Crippen MR) is 84.9 cm³/mol. The van der Waals surface area contributed by atoms with Crippen LogP contribution >= 0.6 is 0 Å². The molecule has 0 aromatic heterocycles. The Kier molecular flexibility index (Phi) is 4.29. The van der Waals surface area contributed by atoms with Crippen LogP contribution in [0.5, 0.6) is 0 Å². The Morgan fingerprint density at radius 1 is 1.14 bits per heavy atom. The van der Waals surface area contributed by atoms with Gasteiger partial charge < -0.3 is 5.32 Å². The summed E-state index contributed by atoms with van der Waals surface area (Å²) in [6, 6.07) is 10.5. The van der Waals surface area contributed by atoms with Crippen molar-refractivity contribution in [3.63, 3.8) is 0 Å². The predicted octanol–water partition coefficient (Wildman–Crippen LogP) is 2.98. The quantitative estimate of drug-likeness (QED) is 0.923. The van der Waals surface area contributed by atoms with E-state index in [0.29, 0.717) is 17.9 Å². The van der Waals surface area contributed by atoms with Gasteiger partial charge >= 0.3 is 0 Å². The number of likely N-dealkylation sites (tertiary alicyclic amines) is 1. The smallest absolute Gasteiger partial charge is 0.242 e. The first-order valence-electron chi connectivity index (χ1n) is 8.23. The van der Waals surface area contributed by atoms with Crippen LogP contribution in [0, 0.1) is 11.8 Å². The molecule has 3 rings (SSSR count). The molecule has 3 atom stereocenters. The fraction of sp³-hybridized carbons (Fsp3) is 0.611. The number of nitrogens with zero attached hydrogens (tertiary/aromatic N) is 1. The highest BCUT2D eigenvalue weighted by Crippen LogP contribution is 2.30. The second kappa shape index (κ2) is 6.18. The summed E-state index contributed by atoms with van der Waals surface area (Å²) in [4.78, 5) is 15.1. The molecule has 1 aromatic rings. The molecule has 0 unspecified atom stereocenters. The van der Waals surface area contributed by atoms with Gasteiger partial charge in [0.1, 0.15) is 6.04 Å². The number of benzene rings is 1. The molecule has 3 heteroatoms. The van der Waals surface area contributed by atoms with Crippen LogP contribution in [-0.2, 0) is 4.79 Å². The highest BCUT2D eigenvalue weighted by molar-refractivity contribution is 5.83. The van der Waals surface area contributed by atoms with Crippen LogP contribution in [0.4, 0.5) is 0 Å². The fourth-order valence-electron chi connectivity index (χ4n) is 3.59. The first-order valence-corrected chi connectivity index (χ1v) is 8.23. The average molecular weight is 286 g/mol. The number of piperidine rings is 1. The highest BCUT2D eigenvalue weighted by atomic mass is 16.2. The van der Waals surface area contributed by atoms with Gasteiger partial charge in [-0.15, -0.1) is 0 Å². The minimum atomic E-state index is -0.128. The zero-order valence-electron chi connectivity index (χ0n) is 13.1. The molecule has 1 N–H and O–H groups in total. The third-order valence-electron chi connectivity index (χ3n) is 4.55. The minimum Gasteiger partial charge on any atom is -0.352 e. The number of carbonyl (C=O) groups is 1. The van der Waals surface area contributed by atoms with E-state index >= 15 is 0 Å². The van der Waals surface area contributed by atoms with Crippen molar-refractivity contribution in [2.45, 2.75) is 45.2 Å². The maximum atomic E-state index is 12.8. The van der Waals surface area contributed by atoms with Gasteiger partial charge in [-0.3, -0.25) is 9.69 Å². The largest absolute Gasteiger partial charge is 0.352 e. The summed E-state index contributed by atoms with van der Waals surface area (Å²) in [6.07, 6.45) is 3.54. The van der Waals surface area contributed by atoms with Crippen molar-refractivity contribution < 1.29 is 4.79 Å². The molecule has 2 fully saturated rings. The number of carbonyl (C=O) groups excluding carboxylic acids is 1. The third kappa shape index (κ3) is 3.65. The summed E-state index contributed by atoms with van der Waals surface area (Å²) in [6.45, 7) is 6.62. The van der Waals surface area contributed by atoms with Gasteiger partial charge in [0.2, 0.25) is 5.91 Å². The fourth-order valence-corrected chi connectivity index (χ4v) is 3.59. The van der Waals surface area contributed by atoms with Gasteiger partial charge in [-0.05, 0) is 36.7 Å². The van der Waals surface area contributed by atoms with Crippen molar-refractivity contribution in [3.05, 3.63) is 35.9 Å². The van der Waals surface area contributed by atoms with Crippen LogP contribution in [0.1, 0.15) is 44.7 Å². The van der Waals surface area contributed by atoms with Gasteiger partial charge in [-0.2, -0.15) is 0 Å². The monoisotopic (exact) mass is 286 g/mol. The number of hydrogen-bond donors (Lipinski definition) is 1. The van der Waals surface area contributed by atoms with Crippen LogP contribution in [0.2, 0.25) is 0 Å². The molecule has 0 radical (unpaired) electrons. The molecular formula is C18H26N2O. The lowest BCUT2D eigenvalue weighted by Crippen LogP contribution is -2.47. The summed E-state index contributed by atoms with van der Waals surface area (Å²) >= 11 is 0. The Labute approximate surface area is 127 Å². The Hall–Kier alpha value is -1.35. The van der Waals surface area contributed by atoms with Crippen LogP contribution in [0.15, 0.2) is 30.3 Å². The molecule has 2 aliphatic rings. The summed E-state index contributed by atoms with van der Waals surface area (Å²) in [7, 11) is 0. The number of amides is 1. The van der Waals surface area contributed by atoms with Crippen molar-refractivity contribution >= 4 is 5.91 Å². The maximum absolute atomic E-state index is 12.8. The molecule has 3 nitrogen and oxygen atoms in total. The Bertz CT molecular complexity index is 473. The van der Waals surface area contributed by atoms with E-state index in [9.17, 15) is 4.79 Å². The molecule has 1 amide bonds. The molecule has 1 heterocycles. The lowest BCUT2D eigenvalue weighted by Gasteiger charge is -2.39. The second-order valence-corrected chi connectivity index (χ2v) is 7.00. The van der Waals surface area contributed by atoms with E-state index in [1.54, 1.807) is 0 Å². The normalized spacial score (nSPS) is 28.1. The lowest BCUT2D eigenvalue weighted by atomic mass is 9.89. The first kappa shape index (κ1) is 14.6. The lowest BCUT2D eigenvalue weighted by molar-refractivity contribution is -0.128. The van der Waals surface area contributed by atoms with Gasteiger partial charge in [0.15, 0.2) is 0 Å². The number of rotatable bonds is 4. The summed E-state index contributed by atoms with van der Waals surface area (Å²) < 4.78 is 0. The standard InChI is InChI=1S/C18H26N2O/c1-13-10-14(2)12-20(11-13)17(15-6-4-3-5-7-15)18(21)19-16-8-9-16/h3-7,13-14,16-17H,8-12H2,1-2H3,(H,19,21)/t13-,14-,17-/m1/s1. The van der Waals surface area contributed by atoms with Crippen LogP contribution in [-0.4, -0.2) is 29.9 Å². The van der Waals surface area contributed by atoms with Gasteiger partial charge in [0.05, 0.1) is 0 Å². The molecule has 21 heavy (non-hydrogen) atoms. The zero-order valence-corrected chi connectivity index (χ0v) is 13.1. The van der Waals surface area contributed by atoms with E-state index in [2.05, 4.69) is 36.2 Å². The molecule has 1 aromatic carbocycles. The van der Waals surface area contributed by atoms with Crippen LogP contribution < -0.4 is 5.32 Å². The summed E-state index contributed by atoms with van der Waals surface area (Å²) in [5.41, 5.74) is 1.12. The van der Waals surface area contributed by atoms with Crippen LogP contribution in [0.25, 0.3) is 0 Å². The molecule has 114 valence electrons. The highest BCUT2D eigenvalue weighted by Gasteiger charge is 2.35. The second-order valence-electron chi connectivity index (χ2n) is 7.00. The van der Waals surface area contributed by atoms with Crippen molar-refractivity contribution in [3.8, 4) is 0 Å². The first-order chi connectivity index (χ1) is 10.1. The van der Waals surface area contributed by atoms with E-state index in [1.807, 2.05) is 18.2 Å². The molecule has 0 bridgehead atoms. The van der Waals surface area contributed by atoms with E-state index < -0.39 is 0 Å². The molecule has 1 aliphatic heterocycles. The van der Waals surface area contributed by atoms with E-state index in [0.717, 1.165) is 31.5 Å². The number of hydrogen-bond acceptors (Lipinski definition) is 2. The Balaban J connectivity index is 1.82. The Morgan fingerprint density at radius 2 is 1.76 bits per heavy atom. The van der Waals surface area contributed by atoms with Crippen molar-refractivity contribution in [2.24, 2.45) is 11.8 Å². The molecule has 1 saturated heterocycles. The van der Waals surface area contributed by atoms with Gasteiger partial charge in [0, 0.05) is 19.1 Å². The van der Waals surface area contributed by atoms with Crippen molar-refractivity contribution in [2.75, 3.05) is 13.1 Å². The van der Waals surface area contributed by atoms with E-state index in [4.69, 9.17) is 0 Å². The van der Waals surface area contributed by atoms with E-state index in [1.165, 1.54) is 6.42 Å². The Morgan fingerprint density at radius 3 is 2.33 bits per heavy atom. The van der Waals surface area contributed by atoms with Crippen molar-refractivity contribution in [1.29, 1.82) is 0 Å².